The first kappa shape index (κ1) is 18.2. The van der Waals surface area contributed by atoms with Crippen molar-refractivity contribution in [3.05, 3.63) is 70.8 Å². The number of amides is 2. The maximum atomic E-state index is 12.6. The molecule has 0 radical (unpaired) electrons. The molecule has 2 aromatic carbocycles. The maximum Gasteiger partial charge on any atom is 0.224 e. The van der Waals surface area contributed by atoms with Crippen LogP contribution in [0.4, 0.5) is 0 Å². The second kappa shape index (κ2) is 8.17. The lowest BCUT2D eigenvalue weighted by Gasteiger charge is -2.30. The second-order valence-corrected chi connectivity index (χ2v) is 7.01. The lowest BCUT2D eigenvalue weighted by Crippen LogP contribution is -2.38. The fourth-order valence-electron chi connectivity index (χ4n) is 3.36. The molecule has 0 atom stereocenters. The Bertz CT molecular complexity index is 783. The Balaban J connectivity index is 1.56. The summed E-state index contributed by atoms with van der Waals surface area (Å²) in [4.78, 5) is 28.2. The molecular formula is C22H26N2O2. The summed E-state index contributed by atoms with van der Waals surface area (Å²) in [5, 5.41) is 0. The van der Waals surface area contributed by atoms with Crippen LogP contribution >= 0.6 is 0 Å². The van der Waals surface area contributed by atoms with Crippen molar-refractivity contribution in [2.45, 2.75) is 39.8 Å². The predicted molar refractivity (Wildman–Crippen MR) is 102 cm³/mol. The number of rotatable bonds is 5. The first-order chi connectivity index (χ1) is 12.5. The van der Waals surface area contributed by atoms with Crippen molar-refractivity contribution in [3.63, 3.8) is 0 Å². The van der Waals surface area contributed by atoms with Gasteiger partial charge in [-0.15, -0.1) is 0 Å². The van der Waals surface area contributed by atoms with Gasteiger partial charge < -0.3 is 9.80 Å². The molecule has 1 aliphatic rings. The predicted octanol–water partition coefficient (Wildman–Crippen LogP) is 3.32. The van der Waals surface area contributed by atoms with Crippen molar-refractivity contribution >= 4 is 11.8 Å². The number of nitrogens with zero attached hydrogens (tertiary/aromatic N) is 2. The van der Waals surface area contributed by atoms with E-state index in [-0.39, 0.29) is 11.8 Å². The molecule has 0 unspecified atom stereocenters. The first-order valence-corrected chi connectivity index (χ1v) is 9.18. The van der Waals surface area contributed by atoms with Gasteiger partial charge in [0.1, 0.15) is 0 Å². The molecular weight excluding hydrogens is 324 g/mol. The highest BCUT2D eigenvalue weighted by atomic mass is 16.2. The third kappa shape index (κ3) is 4.51. The van der Waals surface area contributed by atoms with E-state index < -0.39 is 0 Å². The monoisotopic (exact) mass is 350 g/mol. The van der Waals surface area contributed by atoms with Gasteiger partial charge in [0.25, 0.3) is 0 Å². The molecule has 1 aliphatic heterocycles. The van der Waals surface area contributed by atoms with Crippen LogP contribution in [0.1, 0.15) is 35.6 Å². The summed E-state index contributed by atoms with van der Waals surface area (Å²) in [7, 11) is 0. The summed E-state index contributed by atoms with van der Waals surface area (Å²) in [6.45, 7) is 6.05. The van der Waals surface area contributed by atoms with E-state index in [2.05, 4.69) is 12.1 Å². The Hall–Kier alpha value is -2.62. The van der Waals surface area contributed by atoms with E-state index in [1.807, 2.05) is 48.2 Å². The van der Waals surface area contributed by atoms with Gasteiger partial charge in [0.2, 0.25) is 11.8 Å². The molecule has 26 heavy (non-hydrogen) atoms. The molecule has 0 aliphatic carbocycles. The quantitative estimate of drug-likeness (QED) is 0.830. The van der Waals surface area contributed by atoms with Crippen molar-refractivity contribution in [2.24, 2.45) is 0 Å². The molecule has 0 spiro atoms. The summed E-state index contributed by atoms with van der Waals surface area (Å²) in [6.07, 6.45) is 1.27. The molecule has 0 aromatic heterocycles. The minimum atomic E-state index is 0.00219. The molecule has 0 bridgehead atoms. The van der Waals surface area contributed by atoms with Crippen molar-refractivity contribution in [2.75, 3.05) is 13.1 Å². The zero-order valence-corrected chi connectivity index (χ0v) is 15.6. The van der Waals surface area contributed by atoms with Gasteiger partial charge in [-0.25, -0.2) is 0 Å². The number of hydrogen-bond donors (Lipinski definition) is 0. The lowest BCUT2D eigenvalue weighted by molar-refractivity contribution is -0.134. The van der Waals surface area contributed by atoms with Gasteiger partial charge in [-0.05, 0) is 30.0 Å². The zero-order valence-electron chi connectivity index (χ0n) is 15.6. The van der Waals surface area contributed by atoms with Gasteiger partial charge in [-0.3, -0.25) is 9.59 Å². The van der Waals surface area contributed by atoms with Gasteiger partial charge in [0.05, 0.1) is 0 Å². The normalized spacial score (nSPS) is 13.2. The summed E-state index contributed by atoms with van der Waals surface area (Å²) >= 11 is 0. The molecule has 4 nitrogen and oxygen atoms in total. The fourth-order valence-corrected chi connectivity index (χ4v) is 3.36. The minimum absolute atomic E-state index is 0.00219. The third-order valence-corrected chi connectivity index (χ3v) is 5.02. The molecule has 0 fully saturated rings. The van der Waals surface area contributed by atoms with E-state index in [0.717, 1.165) is 18.5 Å². The van der Waals surface area contributed by atoms with Crippen molar-refractivity contribution in [3.8, 4) is 0 Å². The van der Waals surface area contributed by atoms with Crippen LogP contribution in [-0.4, -0.2) is 34.7 Å². The Labute approximate surface area is 155 Å². The molecule has 0 N–H and O–H groups in total. The smallest absolute Gasteiger partial charge is 0.224 e. The number of aryl methyl sites for hydroxylation is 1. The molecule has 3 rings (SSSR count). The summed E-state index contributed by atoms with van der Waals surface area (Å²) in [5.41, 5.74) is 4.85. The van der Waals surface area contributed by atoms with E-state index in [1.165, 1.54) is 16.7 Å². The molecule has 136 valence electrons. The van der Waals surface area contributed by atoms with Gasteiger partial charge in [0.15, 0.2) is 0 Å². The van der Waals surface area contributed by atoms with Crippen LogP contribution < -0.4 is 0 Å². The Kier molecular flexibility index (Phi) is 5.71. The number of hydrogen-bond acceptors (Lipinski definition) is 2. The highest BCUT2D eigenvalue weighted by Gasteiger charge is 2.21. The molecule has 2 amide bonds. The summed E-state index contributed by atoms with van der Waals surface area (Å²) in [6, 6.07) is 16.5. The average Bonchev–Trinajstić information content (AvgIpc) is 2.65. The lowest BCUT2D eigenvalue weighted by atomic mass is 10.00. The van der Waals surface area contributed by atoms with E-state index in [0.29, 0.717) is 26.1 Å². The van der Waals surface area contributed by atoms with Crippen LogP contribution in [0.15, 0.2) is 48.5 Å². The van der Waals surface area contributed by atoms with Crippen LogP contribution in [0.3, 0.4) is 0 Å². The SMILES string of the molecule is CC(=O)N(CCC(=O)N1CCc2ccccc2C1)Cc1ccc(C)cc1. The molecule has 1 heterocycles. The molecule has 0 saturated heterocycles. The fraction of sp³-hybridized carbons (Fsp3) is 0.364. The number of carbonyl (C=O) groups excluding carboxylic acids is 2. The van der Waals surface area contributed by atoms with Crippen LogP contribution in [0.2, 0.25) is 0 Å². The Morgan fingerprint density at radius 1 is 1.04 bits per heavy atom. The van der Waals surface area contributed by atoms with Gasteiger partial charge in [0, 0.05) is 39.5 Å². The van der Waals surface area contributed by atoms with Gasteiger partial charge >= 0.3 is 0 Å². The third-order valence-electron chi connectivity index (χ3n) is 5.02. The molecule has 4 heteroatoms. The number of carbonyl (C=O) groups is 2. The first-order valence-electron chi connectivity index (χ1n) is 9.18. The summed E-state index contributed by atoms with van der Waals surface area (Å²) < 4.78 is 0. The second-order valence-electron chi connectivity index (χ2n) is 7.01. The average molecular weight is 350 g/mol. The van der Waals surface area contributed by atoms with Crippen molar-refractivity contribution < 1.29 is 9.59 Å². The van der Waals surface area contributed by atoms with E-state index in [4.69, 9.17) is 0 Å². The standard InChI is InChI=1S/C22H26N2O2/c1-17-7-9-19(10-8-17)15-23(18(2)25)14-12-22(26)24-13-11-20-5-3-4-6-21(20)16-24/h3-10H,11-16H2,1-2H3. The van der Waals surface area contributed by atoms with Crippen LogP contribution in [0.25, 0.3) is 0 Å². The summed E-state index contributed by atoms with van der Waals surface area (Å²) in [5.74, 6) is 0.122. The number of fused-ring (bicyclic) bond motifs is 1. The maximum absolute atomic E-state index is 12.6. The van der Waals surface area contributed by atoms with Gasteiger partial charge in [-0.1, -0.05) is 54.1 Å². The molecule has 2 aromatic rings. The van der Waals surface area contributed by atoms with Crippen LogP contribution in [-0.2, 0) is 29.1 Å². The minimum Gasteiger partial charge on any atom is -0.338 e. The number of benzene rings is 2. The topological polar surface area (TPSA) is 40.6 Å². The van der Waals surface area contributed by atoms with E-state index >= 15 is 0 Å². The highest BCUT2D eigenvalue weighted by molar-refractivity contribution is 5.78. The largest absolute Gasteiger partial charge is 0.338 e. The molecule has 0 saturated carbocycles. The zero-order chi connectivity index (χ0) is 18.5. The van der Waals surface area contributed by atoms with E-state index in [1.54, 1.807) is 11.8 Å². The van der Waals surface area contributed by atoms with Gasteiger partial charge in [-0.2, -0.15) is 0 Å². The van der Waals surface area contributed by atoms with Crippen LogP contribution in [0.5, 0.6) is 0 Å². The Morgan fingerprint density at radius 2 is 1.73 bits per heavy atom. The van der Waals surface area contributed by atoms with Crippen molar-refractivity contribution in [1.82, 2.24) is 9.80 Å². The van der Waals surface area contributed by atoms with Crippen molar-refractivity contribution in [1.29, 1.82) is 0 Å². The highest BCUT2D eigenvalue weighted by Crippen LogP contribution is 2.19. The van der Waals surface area contributed by atoms with Crippen LogP contribution in [0, 0.1) is 6.92 Å². The Morgan fingerprint density at radius 3 is 2.42 bits per heavy atom. The van der Waals surface area contributed by atoms with E-state index in [9.17, 15) is 9.59 Å².